The smallest absolute Gasteiger partial charge is 0.220 e. The molecule has 0 aliphatic rings. The van der Waals surface area contributed by atoms with Gasteiger partial charge in [-0.1, -0.05) is 35.3 Å². The minimum atomic E-state index is -0.0650. The van der Waals surface area contributed by atoms with E-state index >= 15 is 0 Å². The first-order valence-electron chi connectivity index (χ1n) is 8.04. The van der Waals surface area contributed by atoms with E-state index in [-0.39, 0.29) is 5.91 Å². The maximum Gasteiger partial charge on any atom is 0.220 e. The van der Waals surface area contributed by atoms with Gasteiger partial charge in [0.1, 0.15) is 0 Å². The fourth-order valence-electron chi connectivity index (χ4n) is 2.40. The number of halogens is 2. The predicted molar refractivity (Wildman–Crippen MR) is 101 cm³/mol. The number of benzene rings is 2. The molecule has 0 unspecified atom stereocenters. The van der Waals surface area contributed by atoms with Crippen LogP contribution in [0.25, 0.3) is 0 Å². The average molecular weight is 382 g/mol. The molecule has 0 atom stereocenters. The molecule has 0 fully saturated rings. The van der Waals surface area contributed by atoms with Crippen molar-refractivity contribution in [1.29, 1.82) is 0 Å². The summed E-state index contributed by atoms with van der Waals surface area (Å²) in [5, 5.41) is 4.05. The molecule has 0 saturated carbocycles. The summed E-state index contributed by atoms with van der Waals surface area (Å²) < 4.78 is 10.8. The minimum Gasteiger partial charge on any atom is -0.493 e. The van der Waals surface area contributed by atoms with Crippen molar-refractivity contribution in [2.75, 3.05) is 13.7 Å². The van der Waals surface area contributed by atoms with E-state index in [2.05, 4.69) is 5.32 Å². The Kier molecular flexibility index (Phi) is 7.41. The van der Waals surface area contributed by atoms with Crippen LogP contribution in [-0.2, 0) is 17.8 Å². The van der Waals surface area contributed by atoms with Gasteiger partial charge in [0, 0.05) is 23.0 Å². The van der Waals surface area contributed by atoms with Crippen LogP contribution in [0.4, 0.5) is 0 Å². The van der Waals surface area contributed by atoms with Gasteiger partial charge in [-0.15, -0.1) is 0 Å². The van der Waals surface area contributed by atoms with Gasteiger partial charge >= 0.3 is 0 Å². The van der Waals surface area contributed by atoms with Crippen molar-refractivity contribution >= 4 is 29.1 Å². The van der Waals surface area contributed by atoms with E-state index < -0.39 is 0 Å². The molecule has 1 amide bonds. The lowest BCUT2D eigenvalue weighted by Crippen LogP contribution is -2.23. The van der Waals surface area contributed by atoms with E-state index in [0.29, 0.717) is 47.5 Å². The van der Waals surface area contributed by atoms with E-state index in [1.165, 1.54) is 0 Å². The van der Waals surface area contributed by atoms with Crippen LogP contribution in [0.3, 0.4) is 0 Å². The molecule has 0 radical (unpaired) electrons. The third kappa shape index (κ3) is 5.55. The van der Waals surface area contributed by atoms with E-state index in [1.807, 2.05) is 25.1 Å². The summed E-state index contributed by atoms with van der Waals surface area (Å²) in [6, 6.07) is 10.9. The molecule has 4 nitrogen and oxygen atoms in total. The van der Waals surface area contributed by atoms with Gasteiger partial charge in [0.2, 0.25) is 5.91 Å². The van der Waals surface area contributed by atoms with Gasteiger partial charge in [0.15, 0.2) is 11.5 Å². The highest BCUT2D eigenvalue weighted by molar-refractivity contribution is 6.36. The Bertz CT molecular complexity index is 714. The van der Waals surface area contributed by atoms with Crippen LogP contribution >= 0.6 is 23.2 Å². The number of carbonyl (C=O) groups excluding carboxylic acids is 1. The van der Waals surface area contributed by atoms with Crippen LogP contribution < -0.4 is 14.8 Å². The normalized spacial score (nSPS) is 10.4. The summed E-state index contributed by atoms with van der Waals surface area (Å²) in [5.74, 6) is 1.27. The standard InChI is InChI=1S/C19H21Cl2NO3/c1-3-25-18-11-13(7-9-17(18)24-2)12-22-19(23)10-8-14-15(20)5-4-6-16(14)21/h4-7,9,11H,3,8,10,12H2,1-2H3,(H,22,23). The lowest BCUT2D eigenvalue weighted by Gasteiger charge is -2.12. The molecule has 134 valence electrons. The Balaban J connectivity index is 1.90. The van der Waals surface area contributed by atoms with Crippen molar-refractivity contribution in [3.63, 3.8) is 0 Å². The Labute approximate surface area is 158 Å². The Morgan fingerprint density at radius 1 is 1.12 bits per heavy atom. The molecule has 0 heterocycles. The molecule has 0 aromatic heterocycles. The predicted octanol–water partition coefficient (Wildman–Crippen LogP) is 4.65. The first-order chi connectivity index (χ1) is 12.0. The summed E-state index contributed by atoms with van der Waals surface area (Å²) in [6.45, 7) is 2.87. The SMILES string of the molecule is CCOc1cc(CNC(=O)CCc2c(Cl)cccc2Cl)ccc1OC. The number of carbonyl (C=O) groups is 1. The Morgan fingerprint density at radius 2 is 1.84 bits per heavy atom. The summed E-state index contributed by atoms with van der Waals surface area (Å²) >= 11 is 12.2. The molecule has 25 heavy (non-hydrogen) atoms. The fraction of sp³-hybridized carbons (Fsp3) is 0.316. The average Bonchev–Trinajstić information content (AvgIpc) is 2.60. The molecule has 1 N–H and O–H groups in total. The molecular weight excluding hydrogens is 361 g/mol. The summed E-state index contributed by atoms with van der Waals surface area (Å²) in [6.07, 6.45) is 0.815. The van der Waals surface area contributed by atoms with Gasteiger partial charge in [-0.2, -0.15) is 0 Å². The minimum absolute atomic E-state index is 0.0650. The maximum atomic E-state index is 12.1. The Morgan fingerprint density at radius 3 is 2.48 bits per heavy atom. The molecule has 6 heteroatoms. The van der Waals surface area contributed by atoms with Crippen molar-refractivity contribution in [2.45, 2.75) is 26.3 Å². The second-order valence-electron chi connectivity index (χ2n) is 5.40. The number of rotatable bonds is 8. The van der Waals surface area contributed by atoms with Crippen LogP contribution in [0.15, 0.2) is 36.4 Å². The largest absolute Gasteiger partial charge is 0.493 e. The summed E-state index contributed by atoms with van der Waals surface area (Å²) in [4.78, 5) is 12.1. The highest BCUT2D eigenvalue weighted by atomic mass is 35.5. The zero-order chi connectivity index (χ0) is 18.2. The first-order valence-corrected chi connectivity index (χ1v) is 8.80. The monoisotopic (exact) mass is 381 g/mol. The quantitative estimate of drug-likeness (QED) is 0.723. The highest BCUT2D eigenvalue weighted by Gasteiger charge is 2.10. The Hall–Kier alpha value is -1.91. The van der Waals surface area contributed by atoms with Crippen LogP contribution in [-0.4, -0.2) is 19.6 Å². The third-order valence-corrected chi connectivity index (χ3v) is 4.39. The number of hydrogen-bond donors (Lipinski definition) is 1. The molecule has 0 aliphatic carbocycles. The molecule has 2 rings (SSSR count). The molecule has 2 aromatic rings. The molecular formula is C19H21Cl2NO3. The van der Waals surface area contributed by atoms with Crippen LogP contribution in [0, 0.1) is 0 Å². The van der Waals surface area contributed by atoms with E-state index in [0.717, 1.165) is 11.1 Å². The molecule has 0 saturated heterocycles. The van der Waals surface area contributed by atoms with Gasteiger partial charge in [0.25, 0.3) is 0 Å². The number of nitrogens with one attached hydrogen (secondary N) is 1. The van der Waals surface area contributed by atoms with Crippen molar-refractivity contribution in [3.8, 4) is 11.5 Å². The van der Waals surface area contributed by atoms with Gasteiger partial charge in [-0.3, -0.25) is 4.79 Å². The second kappa shape index (κ2) is 9.54. The van der Waals surface area contributed by atoms with E-state index in [4.69, 9.17) is 32.7 Å². The molecule has 0 bridgehead atoms. The van der Waals surface area contributed by atoms with Crippen LogP contribution in [0.1, 0.15) is 24.5 Å². The van der Waals surface area contributed by atoms with Crippen LogP contribution in [0.2, 0.25) is 10.0 Å². The highest BCUT2D eigenvalue weighted by Crippen LogP contribution is 2.28. The fourth-order valence-corrected chi connectivity index (χ4v) is 2.98. The van der Waals surface area contributed by atoms with Crippen LogP contribution in [0.5, 0.6) is 11.5 Å². The molecule has 2 aromatic carbocycles. The van der Waals surface area contributed by atoms with E-state index in [9.17, 15) is 4.79 Å². The maximum absolute atomic E-state index is 12.1. The van der Waals surface area contributed by atoms with Crippen molar-refractivity contribution in [3.05, 3.63) is 57.6 Å². The molecule has 0 spiro atoms. The zero-order valence-corrected chi connectivity index (χ0v) is 15.8. The molecule has 0 aliphatic heterocycles. The topological polar surface area (TPSA) is 47.6 Å². The van der Waals surface area contributed by atoms with Gasteiger partial charge in [0.05, 0.1) is 13.7 Å². The first kappa shape index (κ1) is 19.4. The van der Waals surface area contributed by atoms with Gasteiger partial charge < -0.3 is 14.8 Å². The number of ether oxygens (including phenoxy) is 2. The van der Waals surface area contributed by atoms with Crippen molar-refractivity contribution in [2.24, 2.45) is 0 Å². The summed E-state index contributed by atoms with van der Waals surface area (Å²) in [5.41, 5.74) is 1.73. The number of hydrogen-bond acceptors (Lipinski definition) is 3. The summed E-state index contributed by atoms with van der Waals surface area (Å²) in [7, 11) is 1.60. The second-order valence-corrected chi connectivity index (χ2v) is 6.21. The lowest BCUT2D eigenvalue weighted by atomic mass is 10.1. The third-order valence-electron chi connectivity index (χ3n) is 3.68. The van der Waals surface area contributed by atoms with Gasteiger partial charge in [-0.05, 0) is 48.7 Å². The zero-order valence-electron chi connectivity index (χ0n) is 14.3. The lowest BCUT2D eigenvalue weighted by molar-refractivity contribution is -0.121. The number of methoxy groups -OCH3 is 1. The number of amides is 1. The van der Waals surface area contributed by atoms with Crippen molar-refractivity contribution in [1.82, 2.24) is 5.32 Å². The van der Waals surface area contributed by atoms with Gasteiger partial charge in [-0.25, -0.2) is 0 Å². The van der Waals surface area contributed by atoms with Crippen molar-refractivity contribution < 1.29 is 14.3 Å². The van der Waals surface area contributed by atoms with E-state index in [1.54, 1.807) is 25.3 Å².